The van der Waals surface area contributed by atoms with Gasteiger partial charge in [0.25, 0.3) is 0 Å². The molecule has 3 fully saturated rings. The normalized spacial score (nSPS) is 43.2. The molecule has 3 aliphatic rings. The van der Waals surface area contributed by atoms with Gasteiger partial charge < -0.3 is 5.73 Å². The highest BCUT2D eigenvalue weighted by Gasteiger charge is 2.48. The summed E-state index contributed by atoms with van der Waals surface area (Å²) in [7, 11) is 0. The molecule has 15 heavy (non-hydrogen) atoms. The summed E-state index contributed by atoms with van der Waals surface area (Å²) in [6.45, 7) is 1.34. The number of fused-ring (bicyclic) bond motifs is 2. The minimum atomic E-state index is 0.489. The number of hydrogen-bond acceptors (Lipinski definition) is 3. The second-order valence-corrected chi connectivity index (χ2v) is 6.95. The van der Waals surface area contributed by atoms with E-state index in [0.717, 1.165) is 12.1 Å². The number of piperidine rings is 1. The van der Waals surface area contributed by atoms with Crippen molar-refractivity contribution in [1.29, 1.82) is 0 Å². The molecule has 2 N–H and O–H groups in total. The van der Waals surface area contributed by atoms with Crippen LogP contribution in [0.25, 0.3) is 0 Å². The Balaban J connectivity index is 1.67. The highest BCUT2D eigenvalue weighted by atomic mass is 32.2. The van der Waals surface area contributed by atoms with E-state index in [0.29, 0.717) is 10.8 Å². The Labute approximate surface area is 97.0 Å². The molecular formula is C12H22N2S. The summed E-state index contributed by atoms with van der Waals surface area (Å²) in [5, 5.41) is 0. The third-order valence-electron chi connectivity index (χ3n) is 4.63. The van der Waals surface area contributed by atoms with Crippen molar-refractivity contribution in [3.63, 3.8) is 0 Å². The summed E-state index contributed by atoms with van der Waals surface area (Å²) >= 11 is 2.09. The minimum Gasteiger partial charge on any atom is -0.328 e. The van der Waals surface area contributed by atoms with Gasteiger partial charge in [-0.3, -0.25) is 4.90 Å². The molecule has 0 aromatic heterocycles. The predicted molar refractivity (Wildman–Crippen MR) is 66.2 cm³/mol. The van der Waals surface area contributed by atoms with Crippen LogP contribution in [0.2, 0.25) is 0 Å². The number of nitrogens with two attached hydrogens (primary N) is 1. The minimum absolute atomic E-state index is 0.489. The maximum atomic E-state index is 6.10. The highest BCUT2D eigenvalue weighted by Crippen LogP contribution is 2.50. The zero-order valence-corrected chi connectivity index (χ0v) is 10.4. The van der Waals surface area contributed by atoms with E-state index in [1.54, 1.807) is 0 Å². The fourth-order valence-corrected chi connectivity index (χ4v) is 4.26. The van der Waals surface area contributed by atoms with E-state index >= 15 is 0 Å². The molecule has 2 unspecified atom stereocenters. The van der Waals surface area contributed by atoms with Gasteiger partial charge in [-0.2, -0.15) is 11.8 Å². The molecule has 0 aromatic carbocycles. The molecule has 1 aliphatic carbocycles. The Bertz CT molecular complexity index is 238. The summed E-state index contributed by atoms with van der Waals surface area (Å²) < 4.78 is 0.641. The molecule has 2 heterocycles. The highest BCUT2D eigenvalue weighted by molar-refractivity contribution is 8.00. The Morgan fingerprint density at radius 3 is 2.33 bits per heavy atom. The van der Waals surface area contributed by atoms with Crippen molar-refractivity contribution in [2.45, 2.75) is 61.4 Å². The van der Waals surface area contributed by atoms with Crippen LogP contribution in [0.15, 0.2) is 0 Å². The maximum absolute atomic E-state index is 6.10. The van der Waals surface area contributed by atoms with Crippen molar-refractivity contribution in [2.75, 3.05) is 12.8 Å². The van der Waals surface area contributed by atoms with Gasteiger partial charge in [-0.25, -0.2) is 0 Å². The quantitative estimate of drug-likeness (QED) is 0.796. The topological polar surface area (TPSA) is 29.3 Å². The van der Waals surface area contributed by atoms with Gasteiger partial charge in [0.1, 0.15) is 0 Å². The monoisotopic (exact) mass is 226 g/mol. The lowest BCUT2D eigenvalue weighted by Crippen LogP contribution is -2.49. The van der Waals surface area contributed by atoms with E-state index in [1.807, 2.05) is 0 Å². The molecule has 3 heteroatoms. The van der Waals surface area contributed by atoms with Gasteiger partial charge in [0.15, 0.2) is 0 Å². The Morgan fingerprint density at radius 1 is 1.27 bits per heavy atom. The van der Waals surface area contributed by atoms with E-state index in [-0.39, 0.29) is 0 Å². The van der Waals surface area contributed by atoms with Gasteiger partial charge in [0.2, 0.25) is 0 Å². The SMILES string of the molecule is CSC1(CN2C3CCC2CC(N)C3)CC1. The summed E-state index contributed by atoms with van der Waals surface area (Å²) in [6.07, 6.45) is 10.5. The lowest BCUT2D eigenvalue weighted by atomic mass is 9.98. The number of thioether (sulfide) groups is 1. The predicted octanol–water partition coefficient (Wildman–Crippen LogP) is 1.84. The molecule has 0 radical (unpaired) electrons. The van der Waals surface area contributed by atoms with Crippen LogP contribution in [0.5, 0.6) is 0 Å². The van der Waals surface area contributed by atoms with Crippen LogP contribution < -0.4 is 5.73 Å². The van der Waals surface area contributed by atoms with Crippen molar-refractivity contribution >= 4 is 11.8 Å². The Kier molecular flexibility index (Phi) is 2.53. The molecule has 2 nitrogen and oxygen atoms in total. The molecule has 1 saturated carbocycles. The van der Waals surface area contributed by atoms with Gasteiger partial charge in [-0.15, -0.1) is 0 Å². The van der Waals surface area contributed by atoms with E-state index < -0.39 is 0 Å². The van der Waals surface area contributed by atoms with E-state index in [1.165, 1.54) is 45.1 Å². The molecule has 0 amide bonds. The van der Waals surface area contributed by atoms with Crippen molar-refractivity contribution in [3.05, 3.63) is 0 Å². The Hall–Kier alpha value is 0.270. The lowest BCUT2D eigenvalue weighted by molar-refractivity contribution is 0.126. The zero-order valence-electron chi connectivity index (χ0n) is 9.61. The summed E-state index contributed by atoms with van der Waals surface area (Å²) in [5.74, 6) is 0. The summed E-state index contributed by atoms with van der Waals surface area (Å²) in [5.41, 5.74) is 6.10. The molecular weight excluding hydrogens is 204 g/mol. The summed E-state index contributed by atoms with van der Waals surface area (Å²) in [4.78, 5) is 2.80. The van der Waals surface area contributed by atoms with Crippen LogP contribution >= 0.6 is 11.8 Å². The van der Waals surface area contributed by atoms with E-state index in [4.69, 9.17) is 5.73 Å². The van der Waals surface area contributed by atoms with Crippen LogP contribution in [-0.4, -0.2) is 40.6 Å². The van der Waals surface area contributed by atoms with E-state index in [9.17, 15) is 0 Å². The molecule has 2 atom stereocenters. The van der Waals surface area contributed by atoms with Crippen LogP contribution in [0.3, 0.4) is 0 Å². The lowest BCUT2D eigenvalue weighted by Gasteiger charge is -2.39. The number of rotatable bonds is 3. The van der Waals surface area contributed by atoms with Gasteiger partial charge in [-0.05, 0) is 44.8 Å². The fourth-order valence-electron chi connectivity index (χ4n) is 3.47. The largest absolute Gasteiger partial charge is 0.328 e. The molecule has 2 saturated heterocycles. The molecule has 0 aromatic rings. The standard InChI is InChI=1S/C12H22N2S/c1-15-12(4-5-12)8-14-10-2-3-11(14)7-9(13)6-10/h9-11H,2-8,13H2,1H3. The van der Waals surface area contributed by atoms with Crippen molar-refractivity contribution in [2.24, 2.45) is 5.73 Å². The fraction of sp³-hybridized carbons (Fsp3) is 1.00. The average molecular weight is 226 g/mol. The van der Waals surface area contributed by atoms with Gasteiger partial charge in [-0.1, -0.05) is 0 Å². The molecule has 86 valence electrons. The Morgan fingerprint density at radius 2 is 1.87 bits per heavy atom. The molecule has 2 bridgehead atoms. The van der Waals surface area contributed by atoms with Gasteiger partial charge in [0, 0.05) is 29.4 Å². The molecule has 3 rings (SSSR count). The first-order chi connectivity index (χ1) is 7.22. The van der Waals surface area contributed by atoms with Crippen LogP contribution in [0, 0.1) is 0 Å². The van der Waals surface area contributed by atoms with Crippen molar-refractivity contribution < 1.29 is 0 Å². The van der Waals surface area contributed by atoms with Crippen LogP contribution in [0.1, 0.15) is 38.5 Å². The second kappa shape index (κ2) is 3.64. The van der Waals surface area contributed by atoms with E-state index in [2.05, 4.69) is 22.9 Å². The third kappa shape index (κ3) is 1.83. The first-order valence-corrected chi connectivity index (χ1v) is 7.51. The third-order valence-corrected chi connectivity index (χ3v) is 6.04. The van der Waals surface area contributed by atoms with Gasteiger partial charge in [0.05, 0.1) is 0 Å². The van der Waals surface area contributed by atoms with Crippen LogP contribution in [-0.2, 0) is 0 Å². The molecule has 2 aliphatic heterocycles. The van der Waals surface area contributed by atoms with Gasteiger partial charge >= 0.3 is 0 Å². The van der Waals surface area contributed by atoms with Crippen molar-refractivity contribution in [1.82, 2.24) is 4.90 Å². The van der Waals surface area contributed by atoms with Crippen molar-refractivity contribution in [3.8, 4) is 0 Å². The first-order valence-electron chi connectivity index (χ1n) is 6.29. The smallest absolute Gasteiger partial charge is 0.0285 e. The zero-order chi connectivity index (χ0) is 10.5. The average Bonchev–Trinajstić information content (AvgIpc) is 2.94. The molecule has 0 spiro atoms. The number of hydrogen-bond donors (Lipinski definition) is 1. The second-order valence-electron chi connectivity index (χ2n) is 5.68. The number of nitrogens with zero attached hydrogens (tertiary/aromatic N) is 1. The van der Waals surface area contributed by atoms with Crippen LogP contribution in [0.4, 0.5) is 0 Å². The first kappa shape index (κ1) is 10.4. The summed E-state index contributed by atoms with van der Waals surface area (Å²) in [6, 6.07) is 2.13. The maximum Gasteiger partial charge on any atom is 0.0285 e.